The zero-order valence-electron chi connectivity index (χ0n) is 22.8. The summed E-state index contributed by atoms with van der Waals surface area (Å²) in [4.78, 5) is 31.7. The van der Waals surface area contributed by atoms with E-state index in [2.05, 4.69) is 41.3 Å². The summed E-state index contributed by atoms with van der Waals surface area (Å²) in [6, 6.07) is 30.9. The molecule has 5 rings (SSSR count). The molecule has 3 aromatic carbocycles. The van der Waals surface area contributed by atoms with Gasteiger partial charge in [0.05, 0.1) is 17.4 Å². The average Bonchev–Trinajstić information content (AvgIpc) is 3.28. The lowest BCUT2D eigenvalue weighted by molar-refractivity contribution is -0.123. The summed E-state index contributed by atoms with van der Waals surface area (Å²) < 4.78 is 0. The second-order valence-corrected chi connectivity index (χ2v) is 10.8. The van der Waals surface area contributed by atoms with Crippen molar-refractivity contribution >= 4 is 17.4 Å². The molecule has 2 aliphatic rings. The predicted octanol–water partition coefficient (Wildman–Crippen LogP) is 6.24. The quantitative estimate of drug-likeness (QED) is 0.318. The number of Topliss-reactive ketones (excluding diaryl/α,β-unsaturated/α-hetero) is 1. The van der Waals surface area contributed by atoms with E-state index in [0.29, 0.717) is 19.3 Å². The number of para-hydroxylation sites is 1. The summed E-state index contributed by atoms with van der Waals surface area (Å²) in [5.74, 6) is 0.180. The molecule has 0 saturated carbocycles. The van der Waals surface area contributed by atoms with Crippen molar-refractivity contribution in [2.24, 2.45) is 0 Å². The minimum absolute atomic E-state index is 0.144. The summed E-state index contributed by atoms with van der Waals surface area (Å²) in [5, 5.41) is 9.11. The molecular formula is C34H37N3O2. The standard InChI is InChI=1S/C34H37N3O2/c1-2-32(38)34(26-12-5-3-6-13-26,27-14-7-4-8-15-27)21-25-36-23-19-28(20-24-36)37-31-18-10-9-16-29(31)30(33(37)39)17-11-22-35/h3-10,12-16,18,28,30H,2,11,17,19-21,23-25H2,1H3/t30-/m1/s1. The molecule has 5 nitrogen and oxygen atoms in total. The Hall–Kier alpha value is -3.75. The molecule has 1 saturated heterocycles. The van der Waals surface area contributed by atoms with Gasteiger partial charge in [-0.15, -0.1) is 0 Å². The predicted molar refractivity (Wildman–Crippen MR) is 155 cm³/mol. The highest BCUT2D eigenvalue weighted by molar-refractivity contribution is 6.05. The van der Waals surface area contributed by atoms with E-state index < -0.39 is 5.41 Å². The van der Waals surface area contributed by atoms with E-state index in [-0.39, 0.29) is 23.7 Å². The fourth-order valence-electron chi connectivity index (χ4n) is 6.68. The molecule has 0 N–H and O–H groups in total. The van der Waals surface area contributed by atoms with Gasteiger partial charge in [-0.3, -0.25) is 9.59 Å². The van der Waals surface area contributed by atoms with Crippen molar-refractivity contribution in [1.82, 2.24) is 4.90 Å². The van der Waals surface area contributed by atoms with Gasteiger partial charge >= 0.3 is 0 Å². The summed E-state index contributed by atoms with van der Waals surface area (Å²) in [6.45, 7) is 4.56. The number of carbonyl (C=O) groups excluding carboxylic acids is 2. The Balaban J connectivity index is 1.32. The topological polar surface area (TPSA) is 64.4 Å². The third kappa shape index (κ3) is 5.14. The number of likely N-dealkylation sites (tertiary alicyclic amines) is 1. The number of piperidine rings is 1. The minimum Gasteiger partial charge on any atom is -0.308 e. The van der Waals surface area contributed by atoms with E-state index in [4.69, 9.17) is 5.26 Å². The number of rotatable bonds is 10. The summed E-state index contributed by atoms with van der Waals surface area (Å²) in [7, 11) is 0. The van der Waals surface area contributed by atoms with Gasteiger partial charge in [0.25, 0.3) is 0 Å². The number of hydrogen-bond acceptors (Lipinski definition) is 4. The molecule has 1 atom stereocenters. The summed E-state index contributed by atoms with van der Waals surface area (Å²) in [6.07, 6.45) is 3.97. The molecule has 2 aliphatic heterocycles. The normalized spacial score (nSPS) is 18.1. The lowest BCUT2D eigenvalue weighted by Crippen LogP contribution is -2.48. The smallest absolute Gasteiger partial charge is 0.234 e. The van der Waals surface area contributed by atoms with Crippen LogP contribution in [0.15, 0.2) is 84.9 Å². The molecule has 0 spiro atoms. The second-order valence-electron chi connectivity index (χ2n) is 10.8. The molecule has 200 valence electrons. The van der Waals surface area contributed by atoms with Crippen LogP contribution >= 0.6 is 0 Å². The van der Waals surface area contributed by atoms with Crippen LogP contribution in [0.1, 0.15) is 68.1 Å². The molecule has 5 heteroatoms. The number of ketones is 1. The molecule has 1 amide bonds. The molecule has 39 heavy (non-hydrogen) atoms. The first-order valence-corrected chi connectivity index (χ1v) is 14.3. The van der Waals surface area contributed by atoms with Crippen LogP contribution in [-0.4, -0.2) is 42.3 Å². The highest BCUT2D eigenvalue weighted by atomic mass is 16.2. The van der Waals surface area contributed by atoms with E-state index in [1.165, 1.54) is 0 Å². The highest BCUT2D eigenvalue weighted by Crippen LogP contribution is 2.43. The van der Waals surface area contributed by atoms with Crippen molar-refractivity contribution in [2.45, 2.75) is 62.8 Å². The third-order valence-corrected chi connectivity index (χ3v) is 8.71. The van der Waals surface area contributed by atoms with Gasteiger partial charge < -0.3 is 9.80 Å². The van der Waals surface area contributed by atoms with Gasteiger partial charge in [0.2, 0.25) is 5.91 Å². The number of hydrogen-bond donors (Lipinski definition) is 0. The maximum absolute atomic E-state index is 13.7. The van der Waals surface area contributed by atoms with Crippen LogP contribution < -0.4 is 4.90 Å². The number of amides is 1. The zero-order chi connectivity index (χ0) is 27.2. The third-order valence-electron chi connectivity index (χ3n) is 8.71. The van der Waals surface area contributed by atoms with Crippen molar-refractivity contribution in [1.29, 1.82) is 5.26 Å². The Labute approximate surface area is 232 Å². The van der Waals surface area contributed by atoms with Crippen LogP contribution in [-0.2, 0) is 15.0 Å². The monoisotopic (exact) mass is 519 g/mol. The van der Waals surface area contributed by atoms with Crippen molar-refractivity contribution in [2.75, 3.05) is 24.5 Å². The molecule has 1 fully saturated rings. The van der Waals surface area contributed by atoms with Crippen molar-refractivity contribution < 1.29 is 9.59 Å². The van der Waals surface area contributed by atoms with E-state index in [1.54, 1.807) is 0 Å². The van der Waals surface area contributed by atoms with Crippen LogP contribution in [0.25, 0.3) is 0 Å². The van der Waals surface area contributed by atoms with Gasteiger partial charge in [0, 0.05) is 37.7 Å². The molecule has 0 aromatic heterocycles. The Kier molecular flexibility index (Phi) is 8.24. The van der Waals surface area contributed by atoms with Crippen LogP contribution in [0.4, 0.5) is 5.69 Å². The van der Waals surface area contributed by atoms with Gasteiger partial charge in [-0.25, -0.2) is 0 Å². The van der Waals surface area contributed by atoms with E-state index >= 15 is 0 Å². The first-order chi connectivity index (χ1) is 19.1. The van der Waals surface area contributed by atoms with Crippen molar-refractivity contribution in [3.63, 3.8) is 0 Å². The first-order valence-electron chi connectivity index (χ1n) is 14.3. The van der Waals surface area contributed by atoms with E-state index in [9.17, 15) is 9.59 Å². The SMILES string of the molecule is CCC(=O)C(CCN1CCC(N2C(=O)[C@H](CCC#N)c3ccccc32)CC1)(c1ccccc1)c1ccccc1. The molecule has 0 aliphatic carbocycles. The van der Waals surface area contributed by atoms with Crippen LogP contribution in [0.2, 0.25) is 0 Å². The van der Waals surface area contributed by atoms with Gasteiger partial charge in [-0.1, -0.05) is 85.8 Å². The fourth-order valence-corrected chi connectivity index (χ4v) is 6.68. The Bertz CT molecular complexity index is 1280. The minimum atomic E-state index is -0.675. The molecule has 3 aromatic rings. The van der Waals surface area contributed by atoms with Crippen LogP contribution in [0, 0.1) is 11.3 Å². The van der Waals surface area contributed by atoms with E-state index in [1.807, 2.05) is 66.4 Å². The largest absolute Gasteiger partial charge is 0.308 e. The lowest BCUT2D eigenvalue weighted by atomic mass is 9.68. The number of nitrogens with zero attached hydrogens (tertiary/aromatic N) is 3. The van der Waals surface area contributed by atoms with Gasteiger partial charge in [-0.2, -0.15) is 5.26 Å². The van der Waals surface area contributed by atoms with Crippen molar-refractivity contribution in [3.05, 3.63) is 102 Å². The van der Waals surface area contributed by atoms with Crippen molar-refractivity contribution in [3.8, 4) is 6.07 Å². The van der Waals surface area contributed by atoms with Gasteiger partial charge in [0.15, 0.2) is 0 Å². The summed E-state index contributed by atoms with van der Waals surface area (Å²) in [5.41, 5.74) is 3.52. The van der Waals surface area contributed by atoms with Gasteiger partial charge in [0.1, 0.15) is 5.78 Å². The Morgan fingerprint density at radius 2 is 1.51 bits per heavy atom. The average molecular weight is 520 g/mol. The molecule has 0 bridgehead atoms. The number of carbonyl (C=O) groups is 2. The number of nitriles is 1. The maximum Gasteiger partial charge on any atom is 0.234 e. The molecule has 2 heterocycles. The number of fused-ring (bicyclic) bond motifs is 1. The molecule has 0 radical (unpaired) electrons. The molecule has 0 unspecified atom stereocenters. The second kappa shape index (κ2) is 12.0. The van der Waals surface area contributed by atoms with Crippen LogP contribution in [0.5, 0.6) is 0 Å². The number of anilines is 1. The number of benzene rings is 3. The van der Waals surface area contributed by atoms with Gasteiger partial charge in [-0.05, 0) is 55.0 Å². The summed E-state index contributed by atoms with van der Waals surface area (Å²) >= 11 is 0. The Morgan fingerprint density at radius 1 is 0.923 bits per heavy atom. The fraction of sp³-hybridized carbons (Fsp3) is 0.382. The zero-order valence-corrected chi connectivity index (χ0v) is 22.8. The maximum atomic E-state index is 13.7. The Morgan fingerprint density at radius 3 is 2.10 bits per heavy atom. The lowest BCUT2D eigenvalue weighted by Gasteiger charge is -2.40. The van der Waals surface area contributed by atoms with E-state index in [0.717, 1.165) is 61.3 Å². The highest BCUT2D eigenvalue weighted by Gasteiger charge is 2.43. The first kappa shape index (κ1) is 26.8. The van der Waals surface area contributed by atoms with Crippen LogP contribution in [0.3, 0.4) is 0 Å². The molecular weight excluding hydrogens is 482 g/mol.